The predicted molar refractivity (Wildman–Crippen MR) is 78.6 cm³/mol. The molecule has 1 fully saturated rings. The second-order valence-electron chi connectivity index (χ2n) is 5.69. The van der Waals surface area contributed by atoms with Crippen molar-refractivity contribution in [2.75, 3.05) is 13.2 Å². The number of hydrogen-bond acceptors (Lipinski definition) is 4. The van der Waals surface area contributed by atoms with Crippen molar-refractivity contribution in [3.05, 3.63) is 35.9 Å². The first-order chi connectivity index (χ1) is 10.0. The lowest BCUT2D eigenvalue weighted by molar-refractivity contribution is -0.0495. The maximum atomic E-state index is 12.4. The largest absolute Gasteiger partial charge is 0.444 e. The first-order valence-electron chi connectivity index (χ1n) is 7.29. The highest BCUT2D eigenvalue weighted by atomic mass is 16.6. The fraction of sp³-hybridized carbons (Fsp3) is 0.562. The van der Waals surface area contributed by atoms with Crippen molar-refractivity contribution in [3.8, 4) is 0 Å². The summed E-state index contributed by atoms with van der Waals surface area (Å²) in [6.07, 6.45) is 0.983. The molecule has 5 heteroatoms. The van der Waals surface area contributed by atoms with Crippen LogP contribution in [0.1, 0.15) is 32.3 Å². The van der Waals surface area contributed by atoms with Gasteiger partial charge in [-0.25, -0.2) is 4.79 Å². The van der Waals surface area contributed by atoms with Crippen LogP contribution in [0.4, 0.5) is 4.79 Å². The first-order valence-corrected chi connectivity index (χ1v) is 7.29. The summed E-state index contributed by atoms with van der Waals surface area (Å²) in [5, 5.41) is 8.96. The number of nitrogens with zero attached hydrogens (tertiary/aromatic N) is 1. The number of amides is 1. The average Bonchev–Trinajstić information content (AvgIpc) is 2.78. The fourth-order valence-electron chi connectivity index (χ4n) is 2.58. The van der Waals surface area contributed by atoms with E-state index in [9.17, 15) is 4.79 Å². The zero-order valence-electron chi connectivity index (χ0n) is 12.6. The van der Waals surface area contributed by atoms with Gasteiger partial charge in [0.05, 0.1) is 12.6 Å². The van der Waals surface area contributed by atoms with Crippen LogP contribution in [0.2, 0.25) is 0 Å². The van der Waals surface area contributed by atoms with Gasteiger partial charge in [0, 0.05) is 6.61 Å². The molecule has 0 saturated carbocycles. The third-order valence-corrected chi connectivity index (χ3v) is 3.67. The van der Waals surface area contributed by atoms with Crippen molar-refractivity contribution < 1.29 is 19.4 Å². The van der Waals surface area contributed by atoms with E-state index in [1.807, 2.05) is 44.2 Å². The smallest absolute Gasteiger partial charge is 0.412 e. The van der Waals surface area contributed by atoms with Crippen molar-refractivity contribution in [2.45, 2.75) is 45.1 Å². The van der Waals surface area contributed by atoms with Crippen LogP contribution in [0.25, 0.3) is 0 Å². The van der Waals surface area contributed by atoms with Crippen LogP contribution in [0.5, 0.6) is 0 Å². The second kappa shape index (κ2) is 6.91. The molecule has 0 bridgehead atoms. The number of hydrogen-bond donors (Lipinski definition) is 1. The molecule has 0 radical (unpaired) electrons. The van der Waals surface area contributed by atoms with Gasteiger partial charge in [-0.05, 0) is 32.3 Å². The molecule has 2 rings (SSSR count). The van der Waals surface area contributed by atoms with Crippen LogP contribution < -0.4 is 0 Å². The fourth-order valence-corrected chi connectivity index (χ4v) is 2.58. The summed E-state index contributed by atoms with van der Waals surface area (Å²) < 4.78 is 11.1. The number of ether oxygens (including phenoxy) is 2. The lowest BCUT2D eigenvalue weighted by atomic mass is 10.1. The lowest BCUT2D eigenvalue weighted by Crippen LogP contribution is -2.48. The molecule has 1 saturated heterocycles. The second-order valence-corrected chi connectivity index (χ2v) is 5.69. The number of benzene rings is 1. The van der Waals surface area contributed by atoms with Crippen molar-refractivity contribution in [1.29, 1.82) is 0 Å². The van der Waals surface area contributed by atoms with Gasteiger partial charge in [-0.15, -0.1) is 0 Å². The summed E-state index contributed by atoms with van der Waals surface area (Å²) in [6, 6.07) is 9.54. The molecule has 1 atom stereocenters. The van der Waals surface area contributed by atoms with E-state index in [-0.39, 0.29) is 25.3 Å². The maximum absolute atomic E-state index is 12.4. The van der Waals surface area contributed by atoms with Gasteiger partial charge in [-0.2, -0.15) is 0 Å². The molecule has 0 aliphatic carbocycles. The van der Waals surface area contributed by atoms with Crippen LogP contribution in [-0.4, -0.2) is 41.1 Å². The number of carbonyl (C=O) groups excluding carboxylic acids is 1. The van der Waals surface area contributed by atoms with Gasteiger partial charge in [-0.3, -0.25) is 4.90 Å². The third kappa shape index (κ3) is 3.95. The SMILES string of the molecule is CC1(C)OCC(CCCO)N1C(=O)OCc1ccccc1. The van der Waals surface area contributed by atoms with Crippen LogP contribution in [-0.2, 0) is 16.1 Å². The normalized spacial score (nSPS) is 20.5. The highest BCUT2D eigenvalue weighted by molar-refractivity contribution is 5.69. The quantitative estimate of drug-likeness (QED) is 0.906. The molecule has 0 aromatic heterocycles. The molecular weight excluding hydrogens is 270 g/mol. The van der Waals surface area contributed by atoms with Crippen molar-refractivity contribution >= 4 is 6.09 Å². The summed E-state index contributed by atoms with van der Waals surface area (Å²) in [5.41, 5.74) is 0.282. The summed E-state index contributed by atoms with van der Waals surface area (Å²) >= 11 is 0. The van der Waals surface area contributed by atoms with Gasteiger partial charge in [-0.1, -0.05) is 30.3 Å². The summed E-state index contributed by atoms with van der Waals surface area (Å²) in [6.45, 7) is 4.56. The molecule has 21 heavy (non-hydrogen) atoms. The Balaban J connectivity index is 1.97. The average molecular weight is 293 g/mol. The van der Waals surface area contributed by atoms with Crippen molar-refractivity contribution in [2.24, 2.45) is 0 Å². The maximum Gasteiger partial charge on any atom is 0.412 e. The molecule has 1 aromatic carbocycles. The Kier molecular flexibility index (Phi) is 5.20. The molecule has 1 N–H and O–H groups in total. The zero-order valence-corrected chi connectivity index (χ0v) is 12.6. The lowest BCUT2D eigenvalue weighted by Gasteiger charge is -2.32. The summed E-state index contributed by atoms with van der Waals surface area (Å²) in [5.74, 6) is 0. The molecule has 5 nitrogen and oxygen atoms in total. The Morgan fingerprint density at radius 1 is 1.43 bits per heavy atom. The Bertz CT molecular complexity index is 461. The number of aliphatic hydroxyl groups is 1. The molecule has 116 valence electrons. The van der Waals surface area contributed by atoms with Gasteiger partial charge in [0.15, 0.2) is 0 Å². The van der Waals surface area contributed by atoms with E-state index in [0.29, 0.717) is 19.4 Å². The monoisotopic (exact) mass is 293 g/mol. The highest BCUT2D eigenvalue weighted by Crippen LogP contribution is 2.30. The zero-order chi connectivity index (χ0) is 15.3. The topological polar surface area (TPSA) is 59.0 Å². The molecular formula is C16H23NO4. The summed E-state index contributed by atoms with van der Waals surface area (Å²) in [4.78, 5) is 14.0. The molecule has 1 aliphatic rings. The van der Waals surface area contributed by atoms with Crippen LogP contribution in [0.15, 0.2) is 30.3 Å². The van der Waals surface area contributed by atoms with E-state index in [1.165, 1.54) is 0 Å². The number of aliphatic hydroxyl groups excluding tert-OH is 1. The Morgan fingerprint density at radius 2 is 2.14 bits per heavy atom. The van der Waals surface area contributed by atoms with Gasteiger partial charge in [0.1, 0.15) is 12.3 Å². The molecule has 1 aliphatic heterocycles. The Morgan fingerprint density at radius 3 is 2.81 bits per heavy atom. The van der Waals surface area contributed by atoms with E-state index in [1.54, 1.807) is 4.90 Å². The Labute approximate surface area is 125 Å². The minimum absolute atomic E-state index is 0.0459. The summed E-state index contributed by atoms with van der Waals surface area (Å²) in [7, 11) is 0. The van der Waals surface area contributed by atoms with E-state index >= 15 is 0 Å². The first kappa shape index (κ1) is 15.8. The van der Waals surface area contributed by atoms with Gasteiger partial charge >= 0.3 is 6.09 Å². The molecule has 0 spiro atoms. The van der Waals surface area contributed by atoms with Crippen LogP contribution in [0.3, 0.4) is 0 Å². The van der Waals surface area contributed by atoms with Crippen LogP contribution in [0, 0.1) is 0 Å². The molecule has 1 aromatic rings. The number of carbonyl (C=O) groups is 1. The number of rotatable bonds is 5. The van der Waals surface area contributed by atoms with Gasteiger partial charge in [0.2, 0.25) is 0 Å². The van der Waals surface area contributed by atoms with Crippen LogP contribution >= 0.6 is 0 Å². The third-order valence-electron chi connectivity index (χ3n) is 3.67. The minimum atomic E-state index is -0.673. The molecule has 1 unspecified atom stereocenters. The van der Waals surface area contributed by atoms with E-state index in [4.69, 9.17) is 14.6 Å². The van der Waals surface area contributed by atoms with E-state index < -0.39 is 5.72 Å². The van der Waals surface area contributed by atoms with Crippen molar-refractivity contribution in [1.82, 2.24) is 4.90 Å². The molecule has 1 heterocycles. The van der Waals surface area contributed by atoms with Gasteiger partial charge < -0.3 is 14.6 Å². The Hall–Kier alpha value is -1.59. The van der Waals surface area contributed by atoms with Crippen molar-refractivity contribution in [3.63, 3.8) is 0 Å². The van der Waals surface area contributed by atoms with E-state index in [0.717, 1.165) is 5.56 Å². The predicted octanol–water partition coefficient (Wildman–Crippen LogP) is 2.53. The standard InChI is InChI=1S/C16H23NO4/c1-16(2)17(14(12-21-16)9-6-10-18)15(19)20-11-13-7-4-3-5-8-13/h3-5,7-8,14,18H,6,9-12H2,1-2H3. The minimum Gasteiger partial charge on any atom is -0.444 e. The van der Waals surface area contributed by atoms with Gasteiger partial charge in [0.25, 0.3) is 0 Å². The molecule has 1 amide bonds. The van der Waals surface area contributed by atoms with E-state index in [2.05, 4.69) is 0 Å². The highest BCUT2D eigenvalue weighted by Gasteiger charge is 2.44.